The van der Waals surface area contributed by atoms with Crippen LogP contribution in [0.3, 0.4) is 0 Å². The van der Waals surface area contributed by atoms with Crippen molar-refractivity contribution in [2.45, 2.75) is 17.8 Å². The molecule has 0 radical (unpaired) electrons. The average Bonchev–Trinajstić information content (AvgIpc) is 2.96. The first-order valence-electron chi connectivity index (χ1n) is 6.68. The molecule has 3 nitrogen and oxygen atoms in total. The van der Waals surface area contributed by atoms with Crippen LogP contribution in [-0.4, -0.2) is 15.2 Å². The first-order valence-corrected chi connectivity index (χ1v) is 8.04. The van der Waals surface area contributed by atoms with Gasteiger partial charge in [-0.25, -0.2) is 9.37 Å². The summed E-state index contributed by atoms with van der Waals surface area (Å²) < 4.78 is 13.0. The number of H-pyrrole nitrogens is 1. The minimum absolute atomic E-state index is 0.335. The van der Waals surface area contributed by atoms with Gasteiger partial charge in [0.05, 0.1) is 0 Å². The number of aromatic nitrogens is 3. The third-order valence-corrected chi connectivity index (χ3v) is 4.41. The zero-order valence-corrected chi connectivity index (χ0v) is 13.4. The lowest BCUT2D eigenvalue weighted by molar-refractivity contribution is 0.627. The summed E-state index contributed by atoms with van der Waals surface area (Å²) in [5.41, 5.74) is 3.04. The largest absolute Gasteiger partial charge is 0.258 e. The number of aryl methyl sites for hydroxylation is 1. The third kappa shape index (κ3) is 3.48. The SMILES string of the molecule is Cc1ccc(-c2nc(SCc3ccc(F)cc3Cl)n[nH]2)cc1. The fraction of sp³-hybridized carbons (Fsp3) is 0.125. The summed E-state index contributed by atoms with van der Waals surface area (Å²) in [6.07, 6.45) is 0. The Bertz CT molecular complexity index is 786. The van der Waals surface area contributed by atoms with Gasteiger partial charge in [-0.15, -0.1) is 5.10 Å². The highest BCUT2D eigenvalue weighted by atomic mass is 35.5. The molecule has 22 heavy (non-hydrogen) atoms. The Morgan fingerprint density at radius 3 is 2.68 bits per heavy atom. The lowest BCUT2D eigenvalue weighted by Gasteiger charge is -2.01. The molecule has 0 aliphatic carbocycles. The molecule has 0 unspecified atom stereocenters. The summed E-state index contributed by atoms with van der Waals surface area (Å²) in [5.74, 6) is 0.982. The average molecular weight is 334 g/mol. The predicted molar refractivity (Wildman–Crippen MR) is 87.5 cm³/mol. The molecule has 3 rings (SSSR count). The smallest absolute Gasteiger partial charge is 0.209 e. The Balaban J connectivity index is 1.70. The lowest BCUT2D eigenvalue weighted by Crippen LogP contribution is -1.85. The zero-order valence-electron chi connectivity index (χ0n) is 11.8. The molecule has 0 bridgehead atoms. The molecular weight excluding hydrogens is 321 g/mol. The minimum atomic E-state index is -0.335. The van der Waals surface area contributed by atoms with Crippen LogP contribution in [0.5, 0.6) is 0 Å². The highest BCUT2D eigenvalue weighted by Gasteiger charge is 2.08. The molecule has 1 heterocycles. The van der Waals surface area contributed by atoms with Gasteiger partial charge < -0.3 is 0 Å². The van der Waals surface area contributed by atoms with Crippen LogP contribution in [0.15, 0.2) is 47.6 Å². The van der Waals surface area contributed by atoms with Gasteiger partial charge in [0.2, 0.25) is 5.16 Å². The van der Waals surface area contributed by atoms with Gasteiger partial charge in [0, 0.05) is 16.3 Å². The van der Waals surface area contributed by atoms with Crippen LogP contribution in [0, 0.1) is 12.7 Å². The van der Waals surface area contributed by atoms with Crippen molar-refractivity contribution in [2.24, 2.45) is 0 Å². The second kappa shape index (κ2) is 6.50. The molecule has 0 fully saturated rings. The summed E-state index contributed by atoms with van der Waals surface area (Å²) >= 11 is 7.46. The second-order valence-corrected chi connectivity index (χ2v) is 6.21. The van der Waals surface area contributed by atoms with Crippen molar-refractivity contribution in [1.29, 1.82) is 0 Å². The van der Waals surface area contributed by atoms with E-state index in [4.69, 9.17) is 11.6 Å². The Kier molecular flexibility index (Phi) is 4.45. The van der Waals surface area contributed by atoms with E-state index in [0.29, 0.717) is 15.9 Å². The summed E-state index contributed by atoms with van der Waals surface area (Å²) in [6, 6.07) is 12.5. The van der Waals surface area contributed by atoms with E-state index < -0.39 is 0 Å². The Hall–Kier alpha value is -1.85. The number of benzene rings is 2. The third-order valence-electron chi connectivity index (χ3n) is 3.16. The van der Waals surface area contributed by atoms with Crippen LogP contribution < -0.4 is 0 Å². The fourth-order valence-electron chi connectivity index (χ4n) is 1.93. The number of nitrogens with zero attached hydrogens (tertiary/aromatic N) is 2. The van der Waals surface area contributed by atoms with Gasteiger partial charge in [0.25, 0.3) is 0 Å². The maximum absolute atomic E-state index is 13.0. The topological polar surface area (TPSA) is 41.6 Å². The van der Waals surface area contributed by atoms with Gasteiger partial charge in [-0.2, -0.15) is 0 Å². The van der Waals surface area contributed by atoms with Crippen molar-refractivity contribution < 1.29 is 4.39 Å². The number of halogens is 2. The molecule has 0 saturated carbocycles. The molecule has 0 amide bonds. The molecule has 0 aliphatic heterocycles. The van der Waals surface area contributed by atoms with Crippen LogP contribution in [0.4, 0.5) is 4.39 Å². The Morgan fingerprint density at radius 1 is 1.18 bits per heavy atom. The summed E-state index contributed by atoms with van der Waals surface area (Å²) in [6.45, 7) is 2.04. The molecule has 112 valence electrons. The number of aromatic amines is 1. The quantitative estimate of drug-likeness (QED) is 0.693. The van der Waals surface area contributed by atoms with E-state index in [1.165, 1.54) is 29.5 Å². The second-order valence-electron chi connectivity index (χ2n) is 4.86. The molecule has 0 saturated heterocycles. The molecule has 0 spiro atoms. The summed E-state index contributed by atoms with van der Waals surface area (Å²) in [7, 11) is 0. The van der Waals surface area contributed by atoms with Crippen LogP contribution in [-0.2, 0) is 5.75 Å². The van der Waals surface area contributed by atoms with Crippen molar-refractivity contribution in [1.82, 2.24) is 15.2 Å². The molecule has 1 aromatic heterocycles. The summed E-state index contributed by atoms with van der Waals surface area (Å²) in [5, 5.41) is 8.17. The summed E-state index contributed by atoms with van der Waals surface area (Å²) in [4.78, 5) is 4.45. The van der Waals surface area contributed by atoms with E-state index in [-0.39, 0.29) is 5.82 Å². The lowest BCUT2D eigenvalue weighted by atomic mass is 10.1. The van der Waals surface area contributed by atoms with Crippen molar-refractivity contribution >= 4 is 23.4 Å². The first kappa shape index (κ1) is 15.1. The van der Waals surface area contributed by atoms with Crippen molar-refractivity contribution in [2.75, 3.05) is 0 Å². The van der Waals surface area contributed by atoms with Crippen LogP contribution >= 0.6 is 23.4 Å². The number of hydrogen-bond donors (Lipinski definition) is 1. The van der Waals surface area contributed by atoms with E-state index in [0.717, 1.165) is 17.0 Å². The highest BCUT2D eigenvalue weighted by Crippen LogP contribution is 2.26. The van der Waals surface area contributed by atoms with E-state index in [9.17, 15) is 4.39 Å². The molecule has 1 N–H and O–H groups in total. The van der Waals surface area contributed by atoms with Gasteiger partial charge in [-0.05, 0) is 24.6 Å². The van der Waals surface area contributed by atoms with E-state index >= 15 is 0 Å². The molecule has 3 aromatic rings. The van der Waals surface area contributed by atoms with Gasteiger partial charge in [0.1, 0.15) is 5.82 Å². The van der Waals surface area contributed by atoms with Crippen molar-refractivity contribution in [3.05, 3.63) is 64.4 Å². The van der Waals surface area contributed by atoms with Gasteiger partial charge in [-0.3, -0.25) is 5.10 Å². The van der Waals surface area contributed by atoms with E-state index in [1.54, 1.807) is 6.07 Å². The Labute approximate surface area is 136 Å². The number of nitrogens with one attached hydrogen (secondary N) is 1. The van der Waals surface area contributed by atoms with Gasteiger partial charge >= 0.3 is 0 Å². The monoisotopic (exact) mass is 333 g/mol. The minimum Gasteiger partial charge on any atom is -0.258 e. The maximum atomic E-state index is 13.0. The first-order chi connectivity index (χ1) is 10.6. The number of hydrogen-bond acceptors (Lipinski definition) is 3. The number of thioether (sulfide) groups is 1. The molecule has 0 atom stereocenters. The van der Waals surface area contributed by atoms with Crippen LogP contribution in [0.2, 0.25) is 5.02 Å². The zero-order chi connectivity index (χ0) is 15.5. The van der Waals surface area contributed by atoms with Crippen molar-refractivity contribution in [3.63, 3.8) is 0 Å². The molecule has 2 aromatic carbocycles. The number of rotatable bonds is 4. The van der Waals surface area contributed by atoms with E-state index in [2.05, 4.69) is 15.2 Å². The Morgan fingerprint density at radius 2 is 1.95 bits per heavy atom. The normalized spacial score (nSPS) is 10.9. The molecule has 6 heteroatoms. The van der Waals surface area contributed by atoms with Gasteiger partial charge in [0.15, 0.2) is 5.82 Å². The molecular formula is C16H13ClFN3S. The van der Waals surface area contributed by atoms with Crippen LogP contribution in [0.1, 0.15) is 11.1 Å². The van der Waals surface area contributed by atoms with Crippen molar-refractivity contribution in [3.8, 4) is 11.4 Å². The van der Waals surface area contributed by atoms with Gasteiger partial charge in [-0.1, -0.05) is 59.3 Å². The molecule has 0 aliphatic rings. The maximum Gasteiger partial charge on any atom is 0.209 e. The standard InChI is InChI=1S/C16H13ClFN3S/c1-10-2-4-11(5-3-10)15-19-16(21-20-15)22-9-12-6-7-13(18)8-14(12)17/h2-8H,9H2,1H3,(H,19,20,21). The fourth-order valence-corrected chi connectivity index (χ4v) is 3.05. The van der Waals surface area contributed by atoms with Crippen LogP contribution in [0.25, 0.3) is 11.4 Å². The highest BCUT2D eigenvalue weighted by molar-refractivity contribution is 7.98. The van der Waals surface area contributed by atoms with E-state index in [1.807, 2.05) is 31.2 Å². The predicted octanol–water partition coefficient (Wildman–Crippen LogP) is 4.86.